The van der Waals surface area contributed by atoms with Crippen LogP contribution >= 0.6 is 11.8 Å². The number of piperazine rings is 1. The van der Waals surface area contributed by atoms with Gasteiger partial charge in [-0.1, -0.05) is 29.3 Å². The zero-order valence-corrected chi connectivity index (χ0v) is 16.7. The third-order valence-electron chi connectivity index (χ3n) is 5.05. The average Bonchev–Trinajstić information content (AvgIpc) is 2.82. The molecular weight excluding hydrogens is 356 g/mol. The lowest BCUT2D eigenvalue weighted by atomic mass is 10.1. The van der Waals surface area contributed by atoms with E-state index in [0.29, 0.717) is 12.3 Å². The number of rotatable bonds is 4. The summed E-state index contributed by atoms with van der Waals surface area (Å²) in [5.74, 6) is 1.55. The Hall–Kier alpha value is -1.05. The van der Waals surface area contributed by atoms with Crippen molar-refractivity contribution in [1.82, 2.24) is 9.80 Å². The molecule has 2 fully saturated rings. The molecule has 0 aliphatic carbocycles. The monoisotopic (exact) mass is 382 g/mol. The summed E-state index contributed by atoms with van der Waals surface area (Å²) in [7, 11) is -1.09. The molecule has 25 heavy (non-hydrogen) atoms. The maximum absolute atomic E-state index is 12.7. The molecule has 138 valence electrons. The lowest BCUT2D eigenvalue weighted by molar-refractivity contribution is -0.133. The quantitative estimate of drug-likeness (QED) is 0.789. The van der Waals surface area contributed by atoms with E-state index in [1.54, 1.807) is 11.8 Å². The van der Waals surface area contributed by atoms with Crippen molar-refractivity contribution in [1.29, 1.82) is 0 Å². The van der Waals surface area contributed by atoms with Gasteiger partial charge < -0.3 is 4.90 Å². The molecule has 7 heteroatoms. The van der Waals surface area contributed by atoms with E-state index in [2.05, 4.69) is 36.9 Å². The molecule has 0 saturated carbocycles. The van der Waals surface area contributed by atoms with Gasteiger partial charge in [0.2, 0.25) is 5.91 Å². The maximum Gasteiger partial charge on any atom is 0.232 e. The number of amides is 1. The van der Waals surface area contributed by atoms with Gasteiger partial charge in [0, 0.05) is 24.9 Å². The topological polar surface area (TPSA) is 57.7 Å². The van der Waals surface area contributed by atoms with Gasteiger partial charge in [0.25, 0.3) is 0 Å². The molecule has 2 saturated heterocycles. The minimum atomic E-state index is -3.04. The first-order valence-corrected chi connectivity index (χ1v) is 11.6. The van der Waals surface area contributed by atoms with Crippen molar-refractivity contribution in [2.24, 2.45) is 0 Å². The molecule has 0 N–H and O–H groups in total. The second-order valence-electron chi connectivity index (χ2n) is 7.27. The molecule has 1 aromatic carbocycles. The molecule has 0 radical (unpaired) electrons. The van der Waals surface area contributed by atoms with E-state index in [-0.39, 0.29) is 29.5 Å². The average molecular weight is 383 g/mol. The van der Waals surface area contributed by atoms with Gasteiger partial charge in [-0.05, 0) is 26.5 Å². The van der Waals surface area contributed by atoms with E-state index >= 15 is 0 Å². The Balaban J connectivity index is 1.59. The summed E-state index contributed by atoms with van der Waals surface area (Å²) in [6.45, 7) is 5.52. The molecule has 2 aliphatic rings. The van der Waals surface area contributed by atoms with Crippen LogP contribution in [0, 0.1) is 13.8 Å². The van der Waals surface area contributed by atoms with Crippen LogP contribution in [0.2, 0.25) is 0 Å². The SMILES string of the molecule is Cc1cc(C)cc(CSCC(=O)N2CCN(C)[C@H]3CS(=O)(=O)C[C@H]32)c1. The molecule has 0 aromatic heterocycles. The minimum absolute atomic E-state index is 0.0490. The fraction of sp³-hybridized carbons (Fsp3) is 0.611. The van der Waals surface area contributed by atoms with Crippen molar-refractivity contribution in [3.05, 3.63) is 34.9 Å². The molecule has 0 spiro atoms. The highest BCUT2D eigenvalue weighted by Gasteiger charge is 2.46. The predicted molar refractivity (Wildman–Crippen MR) is 103 cm³/mol. The zero-order valence-electron chi connectivity index (χ0n) is 15.1. The van der Waals surface area contributed by atoms with Gasteiger partial charge in [-0.2, -0.15) is 0 Å². The first-order valence-electron chi connectivity index (χ1n) is 8.60. The van der Waals surface area contributed by atoms with Crippen molar-refractivity contribution in [2.45, 2.75) is 31.7 Å². The predicted octanol–water partition coefficient (Wildman–Crippen LogP) is 1.48. The van der Waals surface area contributed by atoms with Crippen molar-refractivity contribution in [2.75, 3.05) is 37.4 Å². The van der Waals surface area contributed by atoms with Crippen LogP contribution in [0.15, 0.2) is 18.2 Å². The number of benzene rings is 1. The summed E-state index contributed by atoms with van der Waals surface area (Å²) in [5.41, 5.74) is 3.70. The number of thioether (sulfide) groups is 1. The molecule has 5 nitrogen and oxygen atoms in total. The Kier molecular flexibility index (Phi) is 5.46. The normalized spacial score (nSPS) is 25.8. The standard InChI is InChI=1S/C18H26N2O3S2/c1-13-6-14(2)8-15(7-13)9-24-10-18(21)20-5-4-19(3)16-11-25(22,23)12-17(16)20/h6-8,16-17H,4-5,9-12H2,1-3H3/t16-,17+/m0/s1. The fourth-order valence-electron chi connectivity index (χ4n) is 3.93. The zero-order chi connectivity index (χ0) is 18.2. The number of nitrogens with zero attached hydrogens (tertiary/aromatic N) is 2. The van der Waals surface area contributed by atoms with Gasteiger partial charge >= 0.3 is 0 Å². The molecule has 0 bridgehead atoms. The van der Waals surface area contributed by atoms with Gasteiger partial charge in [0.05, 0.1) is 23.3 Å². The number of carbonyl (C=O) groups excluding carboxylic acids is 1. The Morgan fingerprint density at radius 3 is 2.44 bits per heavy atom. The molecule has 3 rings (SSSR count). The second kappa shape index (κ2) is 7.29. The van der Waals surface area contributed by atoms with E-state index in [1.165, 1.54) is 16.7 Å². The molecule has 1 amide bonds. The molecule has 2 atom stereocenters. The number of hydrogen-bond acceptors (Lipinski definition) is 5. The van der Waals surface area contributed by atoms with Crippen LogP contribution in [0.25, 0.3) is 0 Å². The van der Waals surface area contributed by atoms with Crippen LogP contribution in [0.1, 0.15) is 16.7 Å². The van der Waals surface area contributed by atoms with E-state index in [4.69, 9.17) is 0 Å². The number of sulfone groups is 1. The Bertz CT molecular complexity index is 743. The smallest absolute Gasteiger partial charge is 0.232 e. The fourth-order valence-corrected chi connectivity index (χ4v) is 6.83. The summed E-state index contributed by atoms with van der Waals surface area (Å²) < 4.78 is 24.0. The summed E-state index contributed by atoms with van der Waals surface area (Å²) >= 11 is 1.61. The number of hydrogen-bond donors (Lipinski definition) is 0. The summed E-state index contributed by atoms with van der Waals surface area (Å²) in [4.78, 5) is 16.6. The number of carbonyl (C=O) groups is 1. The lowest BCUT2D eigenvalue weighted by Gasteiger charge is -2.42. The number of fused-ring (bicyclic) bond motifs is 1. The van der Waals surface area contributed by atoms with E-state index in [9.17, 15) is 13.2 Å². The minimum Gasteiger partial charge on any atom is -0.335 e. The van der Waals surface area contributed by atoms with Gasteiger partial charge in [0.15, 0.2) is 9.84 Å². The van der Waals surface area contributed by atoms with Crippen molar-refractivity contribution in [3.8, 4) is 0 Å². The van der Waals surface area contributed by atoms with Crippen LogP contribution < -0.4 is 0 Å². The molecular formula is C18H26N2O3S2. The largest absolute Gasteiger partial charge is 0.335 e. The highest BCUT2D eigenvalue weighted by Crippen LogP contribution is 2.27. The Morgan fingerprint density at radius 2 is 1.76 bits per heavy atom. The summed E-state index contributed by atoms with van der Waals surface area (Å²) in [5, 5.41) is 0. The van der Waals surface area contributed by atoms with Gasteiger partial charge in [-0.15, -0.1) is 11.8 Å². The summed E-state index contributed by atoms with van der Waals surface area (Å²) in [6.07, 6.45) is 0. The van der Waals surface area contributed by atoms with Crippen LogP contribution in [-0.2, 0) is 20.4 Å². The highest BCUT2D eigenvalue weighted by molar-refractivity contribution is 7.99. The Morgan fingerprint density at radius 1 is 1.12 bits per heavy atom. The third kappa shape index (κ3) is 4.38. The van der Waals surface area contributed by atoms with Crippen LogP contribution in [0.5, 0.6) is 0 Å². The first-order chi connectivity index (χ1) is 11.7. The van der Waals surface area contributed by atoms with E-state index < -0.39 is 9.84 Å². The summed E-state index contributed by atoms with van der Waals surface area (Å²) in [6, 6.07) is 6.22. The van der Waals surface area contributed by atoms with Gasteiger partial charge in [-0.25, -0.2) is 8.42 Å². The first kappa shape index (κ1) is 18.7. The van der Waals surface area contributed by atoms with Crippen molar-refractivity contribution < 1.29 is 13.2 Å². The third-order valence-corrected chi connectivity index (χ3v) is 7.74. The molecule has 2 aliphatic heterocycles. The van der Waals surface area contributed by atoms with E-state index in [0.717, 1.165) is 12.3 Å². The number of aryl methyl sites for hydroxylation is 2. The molecule has 0 unspecified atom stereocenters. The maximum atomic E-state index is 12.7. The number of likely N-dealkylation sites (N-methyl/N-ethyl adjacent to an activating group) is 1. The van der Waals surface area contributed by atoms with Crippen LogP contribution in [0.4, 0.5) is 0 Å². The lowest BCUT2D eigenvalue weighted by Crippen LogP contribution is -2.59. The van der Waals surface area contributed by atoms with Crippen molar-refractivity contribution >= 4 is 27.5 Å². The second-order valence-corrected chi connectivity index (χ2v) is 10.4. The van der Waals surface area contributed by atoms with Gasteiger partial charge in [-0.3, -0.25) is 9.69 Å². The Labute approximate surface area is 154 Å². The molecule has 2 heterocycles. The van der Waals surface area contributed by atoms with Crippen LogP contribution in [0.3, 0.4) is 0 Å². The van der Waals surface area contributed by atoms with Crippen LogP contribution in [-0.4, -0.2) is 73.6 Å². The highest BCUT2D eigenvalue weighted by atomic mass is 32.2. The molecule has 1 aromatic rings. The van der Waals surface area contributed by atoms with Crippen molar-refractivity contribution in [3.63, 3.8) is 0 Å². The van der Waals surface area contributed by atoms with Gasteiger partial charge in [0.1, 0.15) is 0 Å². The van der Waals surface area contributed by atoms with E-state index in [1.807, 2.05) is 11.9 Å².